The molecule has 0 aromatic heterocycles. The third-order valence-electron chi connectivity index (χ3n) is 3.99. The quantitative estimate of drug-likeness (QED) is 0.582. The molecule has 1 N–H and O–H groups in total. The molecular formula is C23H21NO5. The molecule has 0 aliphatic rings. The van der Waals surface area contributed by atoms with Gasteiger partial charge in [-0.25, -0.2) is 0 Å². The van der Waals surface area contributed by atoms with E-state index in [1.807, 2.05) is 42.5 Å². The van der Waals surface area contributed by atoms with Crippen molar-refractivity contribution in [3.05, 3.63) is 84.4 Å². The Morgan fingerprint density at radius 3 is 2.38 bits per heavy atom. The summed E-state index contributed by atoms with van der Waals surface area (Å²) in [4.78, 5) is 24.1. The second-order valence-electron chi connectivity index (χ2n) is 6.14. The van der Waals surface area contributed by atoms with E-state index in [1.165, 1.54) is 7.11 Å². The highest BCUT2D eigenvalue weighted by Gasteiger charge is 2.12. The molecule has 0 unspecified atom stereocenters. The van der Waals surface area contributed by atoms with E-state index in [0.717, 1.165) is 0 Å². The van der Waals surface area contributed by atoms with Crippen LogP contribution >= 0.6 is 0 Å². The zero-order valence-corrected chi connectivity index (χ0v) is 16.0. The van der Waals surface area contributed by atoms with Crippen molar-refractivity contribution in [3.8, 4) is 17.2 Å². The van der Waals surface area contributed by atoms with E-state index in [4.69, 9.17) is 14.2 Å². The molecule has 6 heteroatoms. The number of carbonyl (C=O) groups is 2. The van der Waals surface area contributed by atoms with Crippen LogP contribution in [0.3, 0.4) is 0 Å². The van der Waals surface area contributed by atoms with Gasteiger partial charge < -0.3 is 19.5 Å². The predicted octanol–water partition coefficient (Wildman–Crippen LogP) is 4.21. The van der Waals surface area contributed by atoms with Crippen LogP contribution < -0.4 is 14.8 Å². The summed E-state index contributed by atoms with van der Waals surface area (Å²) in [6, 6.07) is 23.5. The van der Waals surface area contributed by atoms with Crippen LogP contribution in [0.15, 0.2) is 78.9 Å². The highest BCUT2D eigenvalue weighted by molar-refractivity contribution is 5.93. The lowest BCUT2D eigenvalue weighted by Gasteiger charge is -2.10. The molecule has 0 heterocycles. The standard InChI is InChI=1S/C23H21NO5/c1-27-21-13-6-5-8-17(21)14-23(26)28-16-22(25)24-18-9-7-12-20(15-18)29-19-10-3-2-4-11-19/h2-13,15H,14,16H2,1H3,(H,24,25). The molecule has 0 atom stereocenters. The SMILES string of the molecule is COc1ccccc1CC(=O)OCC(=O)Nc1cccc(Oc2ccccc2)c1. The van der Waals surface area contributed by atoms with Crippen LogP contribution in [0.25, 0.3) is 0 Å². The number of ether oxygens (including phenoxy) is 3. The van der Waals surface area contributed by atoms with E-state index in [-0.39, 0.29) is 13.0 Å². The summed E-state index contributed by atoms with van der Waals surface area (Å²) in [6.45, 7) is -0.377. The fraction of sp³-hybridized carbons (Fsp3) is 0.130. The number of esters is 1. The van der Waals surface area contributed by atoms with Crippen LogP contribution in [-0.2, 0) is 20.7 Å². The van der Waals surface area contributed by atoms with E-state index in [0.29, 0.717) is 28.5 Å². The normalized spacial score (nSPS) is 10.1. The van der Waals surface area contributed by atoms with E-state index >= 15 is 0 Å². The summed E-state index contributed by atoms with van der Waals surface area (Å²) >= 11 is 0. The Morgan fingerprint density at radius 2 is 1.59 bits per heavy atom. The number of hydrogen-bond acceptors (Lipinski definition) is 5. The molecule has 0 aliphatic carbocycles. The summed E-state index contributed by atoms with van der Waals surface area (Å²) in [5, 5.41) is 2.69. The van der Waals surface area contributed by atoms with Crippen molar-refractivity contribution in [2.75, 3.05) is 19.0 Å². The van der Waals surface area contributed by atoms with Gasteiger partial charge in [0.05, 0.1) is 13.5 Å². The molecule has 0 spiro atoms. The van der Waals surface area contributed by atoms with Crippen molar-refractivity contribution < 1.29 is 23.8 Å². The molecule has 3 aromatic rings. The van der Waals surface area contributed by atoms with Gasteiger partial charge in [-0.3, -0.25) is 9.59 Å². The van der Waals surface area contributed by atoms with Crippen LogP contribution in [-0.4, -0.2) is 25.6 Å². The summed E-state index contributed by atoms with van der Waals surface area (Å²) in [7, 11) is 1.53. The van der Waals surface area contributed by atoms with Crippen molar-refractivity contribution in [1.82, 2.24) is 0 Å². The first-order valence-electron chi connectivity index (χ1n) is 9.04. The number of hydrogen-bond donors (Lipinski definition) is 1. The largest absolute Gasteiger partial charge is 0.496 e. The third-order valence-corrected chi connectivity index (χ3v) is 3.99. The number of rotatable bonds is 8. The average Bonchev–Trinajstić information content (AvgIpc) is 2.74. The number of methoxy groups -OCH3 is 1. The predicted molar refractivity (Wildman–Crippen MR) is 109 cm³/mol. The summed E-state index contributed by atoms with van der Waals surface area (Å²) < 4.78 is 16.0. The Hall–Kier alpha value is -3.80. The molecule has 1 amide bonds. The number of anilines is 1. The second kappa shape index (κ2) is 9.94. The van der Waals surface area contributed by atoms with Gasteiger partial charge in [-0.15, -0.1) is 0 Å². The van der Waals surface area contributed by atoms with Crippen LogP contribution in [0, 0.1) is 0 Å². The molecule has 148 valence electrons. The fourth-order valence-corrected chi connectivity index (χ4v) is 2.66. The van der Waals surface area contributed by atoms with Crippen LogP contribution in [0.1, 0.15) is 5.56 Å². The lowest BCUT2D eigenvalue weighted by Crippen LogP contribution is -2.21. The maximum absolute atomic E-state index is 12.1. The Labute approximate surface area is 169 Å². The van der Waals surface area contributed by atoms with Crippen molar-refractivity contribution in [2.45, 2.75) is 6.42 Å². The highest BCUT2D eigenvalue weighted by Crippen LogP contribution is 2.24. The van der Waals surface area contributed by atoms with E-state index in [1.54, 1.807) is 36.4 Å². The number of nitrogens with one attached hydrogen (secondary N) is 1. The highest BCUT2D eigenvalue weighted by atomic mass is 16.5. The van der Waals surface area contributed by atoms with E-state index in [9.17, 15) is 9.59 Å². The minimum atomic E-state index is -0.509. The first-order valence-corrected chi connectivity index (χ1v) is 9.04. The summed E-state index contributed by atoms with van der Waals surface area (Å²) in [6.07, 6.45) is 0.0255. The topological polar surface area (TPSA) is 73.9 Å². The number of carbonyl (C=O) groups excluding carboxylic acids is 2. The Morgan fingerprint density at radius 1 is 0.862 bits per heavy atom. The van der Waals surface area contributed by atoms with Crippen molar-refractivity contribution in [3.63, 3.8) is 0 Å². The molecular weight excluding hydrogens is 370 g/mol. The van der Waals surface area contributed by atoms with E-state index < -0.39 is 11.9 Å². The molecule has 29 heavy (non-hydrogen) atoms. The van der Waals surface area contributed by atoms with Gasteiger partial charge in [0.25, 0.3) is 5.91 Å². The molecule has 0 bridgehead atoms. The number of para-hydroxylation sites is 2. The maximum atomic E-state index is 12.1. The number of benzene rings is 3. The van der Waals surface area contributed by atoms with Gasteiger partial charge >= 0.3 is 5.97 Å². The zero-order chi connectivity index (χ0) is 20.5. The molecule has 0 saturated carbocycles. The smallest absolute Gasteiger partial charge is 0.310 e. The fourth-order valence-electron chi connectivity index (χ4n) is 2.66. The second-order valence-corrected chi connectivity index (χ2v) is 6.14. The molecule has 3 aromatic carbocycles. The minimum absolute atomic E-state index is 0.0255. The maximum Gasteiger partial charge on any atom is 0.310 e. The van der Waals surface area contributed by atoms with Crippen molar-refractivity contribution in [2.24, 2.45) is 0 Å². The number of amides is 1. The van der Waals surface area contributed by atoms with Gasteiger partial charge in [0.15, 0.2) is 6.61 Å². The van der Waals surface area contributed by atoms with Crippen LogP contribution in [0.4, 0.5) is 5.69 Å². The molecule has 3 rings (SSSR count). The first-order chi connectivity index (χ1) is 14.1. The van der Waals surface area contributed by atoms with Gasteiger partial charge in [0.2, 0.25) is 0 Å². The summed E-state index contributed by atoms with van der Waals surface area (Å²) in [5.41, 5.74) is 1.25. The lowest BCUT2D eigenvalue weighted by molar-refractivity contribution is -0.146. The van der Waals surface area contributed by atoms with Crippen LogP contribution in [0.5, 0.6) is 17.2 Å². The molecule has 0 radical (unpaired) electrons. The van der Waals surface area contributed by atoms with Crippen LogP contribution in [0.2, 0.25) is 0 Å². The van der Waals surface area contributed by atoms with Gasteiger partial charge in [-0.1, -0.05) is 42.5 Å². The average molecular weight is 391 g/mol. The zero-order valence-electron chi connectivity index (χ0n) is 16.0. The third kappa shape index (κ3) is 6.10. The van der Waals surface area contributed by atoms with Gasteiger partial charge in [-0.05, 0) is 30.3 Å². The summed E-state index contributed by atoms with van der Waals surface area (Å²) in [5.74, 6) is 0.939. The van der Waals surface area contributed by atoms with Gasteiger partial charge in [0, 0.05) is 17.3 Å². The molecule has 0 fully saturated rings. The van der Waals surface area contributed by atoms with Gasteiger partial charge in [0.1, 0.15) is 17.2 Å². The monoisotopic (exact) mass is 391 g/mol. The Bertz CT molecular complexity index is 972. The molecule has 0 aliphatic heterocycles. The van der Waals surface area contributed by atoms with Gasteiger partial charge in [-0.2, -0.15) is 0 Å². The first kappa shape index (κ1) is 19.9. The van der Waals surface area contributed by atoms with E-state index in [2.05, 4.69) is 5.32 Å². The Balaban J connectivity index is 1.50. The van der Waals surface area contributed by atoms with Crippen molar-refractivity contribution in [1.29, 1.82) is 0 Å². The van der Waals surface area contributed by atoms with Crippen molar-refractivity contribution >= 4 is 17.6 Å². The lowest BCUT2D eigenvalue weighted by atomic mass is 10.1. The Kier molecular flexibility index (Phi) is 6.84. The minimum Gasteiger partial charge on any atom is -0.496 e. The molecule has 0 saturated heterocycles. The molecule has 6 nitrogen and oxygen atoms in total.